The van der Waals surface area contributed by atoms with Gasteiger partial charge in [0.2, 0.25) is 5.43 Å². The maximum atomic E-state index is 13.0. The summed E-state index contributed by atoms with van der Waals surface area (Å²) in [4.78, 5) is 13.0. The van der Waals surface area contributed by atoms with Gasteiger partial charge in [-0.1, -0.05) is 44.7 Å². The number of rotatable bonds is 3. The predicted octanol–water partition coefficient (Wildman–Crippen LogP) is 5.48. The lowest BCUT2D eigenvalue weighted by atomic mass is 9.97. The van der Waals surface area contributed by atoms with Gasteiger partial charge in [0.05, 0.1) is 18.3 Å². The van der Waals surface area contributed by atoms with Crippen LogP contribution in [-0.4, -0.2) is 12.2 Å². The maximum Gasteiger partial charge on any atom is 0.204 e. The highest BCUT2D eigenvalue weighted by molar-refractivity contribution is 5.88. The van der Waals surface area contributed by atoms with Gasteiger partial charge < -0.3 is 14.3 Å². The summed E-state index contributed by atoms with van der Waals surface area (Å²) >= 11 is 0. The monoisotopic (exact) mass is 352 g/mol. The van der Waals surface area contributed by atoms with Gasteiger partial charge >= 0.3 is 0 Å². The molecule has 0 saturated carbocycles. The molecule has 136 valence electrons. The molecule has 0 unspecified atom stereocenters. The first kappa shape index (κ1) is 19.3. The molecule has 1 aliphatic carbocycles. The number of hydrogen-bond donors (Lipinski definition) is 1. The van der Waals surface area contributed by atoms with E-state index in [4.69, 9.17) is 9.15 Å². The molecule has 1 heterocycles. The zero-order valence-electron chi connectivity index (χ0n) is 15.6. The van der Waals surface area contributed by atoms with Gasteiger partial charge in [0.15, 0.2) is 0 Å². The van der Waals surface area contributed by atoms with Gasteiger partial charge in [0.25, 0.3) is 0 Å². The van der Waals surface area contributed by atoms with Gasteiger partial charge in [-0.05, 0) is 36.3 Å². The lowest BCUT2D eigenvalue weighted by Crippen LogP contribution is -2.13. The average molecular weight is 352 g/mol. The van der Waals surface area contributed by atoms with E-state index in [2.05, 4.69) is 6.58 Å². The van der Waals surface area contributed by atoms with Crippen LogP contribution in [0.15, 0.2) is 51.9 Å². The second-order valence-electron chi connectivity index (χ2n) is 5.50. The van der Waals surface area contributed by atoms with Crippen LogP contribution in [0.2, 0.25) is 0 Å². The van der Waals surface area contributed by atoms with Crippen LogP contribution in [0.25, 0.3) is 28.9 Å². The molecule has 0 fully saturated rings. The van der Waals surface area contributed by atoms with Crippen molar-refractivity contribution in [1.82, 2.24) is 0 Å². The molecule has 0 radical (unpaired) electrons. The number of hydrogen-bond acceptors (Lipinski definition) is 4. The van der Waals surface area contributed by atoms with Crippen LogP contribution >= 0.6 is 0 Å². The summed E-state index contributed by atoms with van der Waals surface area (Å²) in [6.07, 6.45) is 9.54. The fourth-order valence-electron chi connectivity index (χ4n) is 2.90. The number of aliphatic hydroxyl groups excluding tert-OH is 1. The Balaban J connectivity index is 0.00000117. The number of aliphatic hydroxyl groups is 1. The van der Waals surface area contributed by atoms with E-state index < -0.39 is 0 Å². The lowest BCUT2D eigenvalue weighted by molar-refractivity contribution is 0.284. The minimum atomic E-state index is -0.303. The average Bonchev–Trinajstić information content (AvgIpc) is 2.85. The molecular weight excluding hydrogens is 328 g/mol. The Labute approximate surface area is 153 Å². The van der Waals surface area contributed by atoms with Crippen LogP contribution < -0.4 is 5.43 Å². The second kappa shape index (κ2) is 8.39. The Hall–Kier alpha value is -3.01. The Morgan fingerprint density at radius 3 is 2.69 bits per heavy atom. The van der Waals surface area contributed by atoms with Crippen LogP contribution in [-0.2, 0) is 11.2 Å². The van der Waals surface area contributed by atoms with Crippen molar-refractivity contribution in [3.8, 4) is 0 Å². The summed E-state index contributed by atoms with van der Waals surface area (Å²) in [5.74, 6) is 0.746. The molecule has 1 aromatic heterocycles. The van der Waals surface area contributed by atoms with E-state index in [-0.39, 0.29) is 16.8 Å². The smallest absolute Gasteiger partial charge is 0.204 e. The zero-order chi connectivity index (χ0) is 19.3. The molecule has 1 aromatic carbocycles. The second-order valence-corrected chi connectivity index (χ2v) is 5.50. The summed E-state index contributed by atoms with van der Waals surface area (Å²) in [5.41, 5.74) is 2.01. The Morgan fingerprint density at radius 1 is 1.35 bits per heavy atom. The topological polar surface area (TPSA) is 59.7 Å². The molecule has 0 spiro atoms. The third kappa shape index (κ3) is 3.49. The number of benzene rings is 1. The molecule has 1 aliphatic rings. The van der Waals surface area contributed by atoms with Gasteiger partial charge in [-0.15, -0.1) is 0 Å². The van der Waals surface area contributed by atoms with Gasteiger partial charge in [-0.25, -0.2) is 0 Å². The van der Waals surface area contributed by atoms with Crippen LogP contribution in [0.5, 0.6) is 0 Å². The van der Waals surface area contributed by atoms with Crippen molar-refractivity contribution in [3.05, 3.63) is 75.4 Å². The van der Waals surface area contributed by atoms with Crippen LogP contribution in [0.4, 0.5) is 0 Å². The van der Waals surface area contributed by atoms with Gasteiger partial charge in [0.1, 0.15) is 22.7 Å². The molecule has 1 N–H and O–H groups in total. The minimum Gasteiger partial charge on any atom is -0.508 e. The van der Waals surface area contributed by atoms with E-state index in [1.807, 2.05) is 45.1 Å². The number of ether oxygens (including phenoxy) is 1. The molecule has 0 saturated heterocycles. The van der Waals surface area contributed by atoms with Crippen molar-refractivity contribution in [3.63, 3.8) is 0 Å². The molecule has 26 heavy (non-hydrogen) atoms. The molecule has 0 amide bonds. The van der Waals surface area contributed by atoms with E-state index in [0.29, 0.717) is 23.2 Å². The maximum absolute atomic E-state index is 13.0. The predicted molar refractivity (Wildman–Crippen MR) is 108 cm³/mol. The molecule has 3 rings (SSSR count). The van der Waals surface area contributed by atoms with Gasteiger partial charge in [-0.3, -0.25) is 4.79 Å². The zero-order valence-corrected chi connectivity index (χ0v) is 15.6. The quantitative estimate of drug-likeness (QED) is 0.743. The molecule has 2 aromatic rings. The van der Waals surface area contributed by atoms with E-state index in [1.54, 1.807) is 25.3 Å². The first-order valence-corrected chi connectivity index (χ1v) is 8.61. The van der Waals surface area contributed by atoms with Crippen molar-refractivity contribution in [2.45, 2.75) is 27.2 Å². The first-order valence-electron chi connectivity index (χ1n) is 8.61. The number of allylic oxidation sites excluding steroid dienone is 4. The highest BCUT2D eigenvalue weighted by atomic mass is 16.5. The molecular formula is C22H24O4. The first-order chi connectivity index (χ1) is 12.6. The molecule has 0 aliphatic heterocycles. The van der Waals surface area contributed by atoms with Crippen molar-refractivity contribution in [2.75, 3.05) is 7.11 Å². The lowest BCUT2D eigenvalue weighted by Gasteiger charge is -2.12. The Morgan fingerprint density at radius 2 is 2.08 bits per heavy atom. The van der Waals surface area contributed by atoms with Crippen molar-refractivity contribution < 1.29 is 14.3 Å². The summed E-state index contributed by atoms with van der Waals surface area (Å²) < 4.78 is 11.2. The summed E-state index contributed by atoms with van der Waals surface area (Å²) in [6, 6.07) is 3.69. The fourth-order valence-corrected chi connectivity index (χ4v) is 2.90. The standard InChI is InChI=1S/C20H18O4.C2H6/c1-4-6-16-18(12(2)21)20(22)19-15-11-14(23-3)8-5-7-13(15)9-10-17(19)24-16;1-2/h4-10,21H,2,11H2,1,3H3;1-2H3/b6-4-;. The Kier molecular flexibility index (Phi) is 6.23. The van der Waals surface area contributed by atoms with Crippen LogP contribution in [0.1, 0.15) is 43.2 Å². The third-order valence-corrected chi connectivity index (χ3v) is 4.01. The van der Waals surface area contributed by atoms with Crippen LogP contribution in [0, 0.1) is 0 Å². The van der Waals surface area contributed by atoms with Crippen molar-refractivity contribution in [1.29, 1.82) is 0 Å². The molecule has 0 atom stereocenters. The van der Waals surface area contributed by atoms with Crippen LogP contribution in [0.3, 0.4) is 0 Å². The van der Waals surface area contributed by atoms with Gasteiger partial charge in [0, 0.05) is 6.42 Å². The number of fused-ring (bicyclic) bond motifs is 3. The normalized spacial score (nSPS) is 12.8. The highest BCUT2D eigenvalue weighted by Crippen LogP contribution is 2.29. The summed E-state index contributed by atoms with van der Waals surface area (Å²) in [6.45, 7) is 9.32. The summed E-state index contributed by atoms with van der Waals surface area (Å²) in [7, 11) is 1.60. The van der Waals surface area contributed by atoms with Crippen molar-refractivity contribution in [2.24, 2.45) is 0 Å². The third-order valence-electron chi connectivity index (χ3n) is 4.01. The van der Waals surface area contributed by atoms with E-state index in [0.717, 1.165) is 16.9 Å². The van der Waals surface area contributed by atoms with Crippen molar-refractivity contribution >= 4 is 28.9 Å². The molecule has 4 heteroatoms. The summed E-state index contributed by atoms with van der Waals surface area (Å²) in [5, 5.41) is 10.3. The largest absolute Gasteiger partial charge is 0.508 e. The number of methoxy groups -OCH3 is 1. The fraction of sp³-hybridized carbons (Fsp3) is 0.227. The SMILES string of the molecule is C=C(O)c1c(/C=C\C)oc2ccc3c(c2c1=O)CC(OC)=CC=C3.CC. The van der Waals surface area contributed by atoms with E-state index in [9.17, 15) is 9.90 Å². The Bertz CT molecular complexity index is 972. The molecule has 0 bridgehead atoms. The minimum absolute atomic E-state index is 0.0881. The van der Waals surface area contributed by atoms with Gasteiger partial charge in [-0.2, -0.15) is 0 Å². The molecule has 4 nitrogen and oxygen atoms in total. The van der Waals surface area contributed by atoms with E-state index in [1.165, 1.54) is 0 Å². The highest BCUT2D eigenvalue weighted by Gasteiger charge is 2.20. The van der Waals surface area contributed by atoms with E-state index >= 15 is 0 Å².